The van der Waals surface area contributed by atoms with Crippen molar-refractivity contribution in [3.05, 3.63) is 39.9 Å². The highest BCUT2D eigenvalue weighted by Gasteiger charge is 2.05. The van der Waals surface area contributed by atoms with Gasteiger partial charge in [-0.05, 0) is 23.8 Å². The van der Waals surface area contributed by atoms with Gasteiger partial charge in [-0.2, -0.15) is 0 Å². The van der Waals surface area contributed by atoms with Gasteiger partial charge < -0.3 is 4.74 Å². The Balaban J connectivity index is 2.42. The zero-order valence-electron chi connectivity index (χ0n) is 11.0. The molecule has 0 radical (unpaired) electrons. The summed E-state index contributed by atoms with van der Waals surface area (Å²) in [5.74, 6) is -1.80. The number of amides is 2. The molecule has 0 saturated carbocycles. The molecule has 2 amide bonds. The Morgan fingerprint density at radius 3 is 2.52 bits per heavy atom. The monoisotopic (exact) mass is 330 g/mol. The van der Waals surface area contributed by atoms with E-state index in [9.17, 15) is 14.4 Å². The van der Waals surface area contributed by atoms with Gasteiger partial charge in [0.2, 0.25) is 5.91 Å². The Labute approximate surface area is 131 Å². The van der Waals surface area contributed by atoms with E-state index in [0.29, 0.717) is 15.6 Å². The standard InChI is InChI=1S/C13H12Cl2N2O4/c1-8(18)16-17-12(19)7-21-13(20)5-3-9-2-4-10(14)11(15)6-9/h2-6H,7H2,1H3,(H,16,18)(H,17,19)/b5-3+. The highest BCUT2D eigenvalue weighted by atomic mass is 35.5. The van der Waals surface area contributed by atoms with Crippen molar-refractivity contribution in [1.82, 2.24) is 10.9 Å². The summed E-state index contributed by atoms with van der Waals surface area (Å²) >= 11 is 11.6. The number of rotatable bonds is 4. The third-order valence-corrected chi connectivity index (χ3v) is 2.82. The van der Waals surface area contributed by atoms with Crippen molar-refractivity contribution in [2.24, 2.45) is 0 Å². The van der Waals surface area contributed by atoms with Crippen LogP contribution in [0.4, 0.5) is 0 Å². The van der Waals surface area contributed by atoms with Crippen LogP contribution in [0.1, 0.15) is 12.5 Å². The Morgan fingerprint density at radius 1 is 1.19 bits per heavy atom. The number of carbonyl (C=O) groups excluding carboxylic acids is 3. The predicted molar refractivity (Wildman–Crippen MR) is 78.4 cm³/mol. The average molecular weight is 331 g/mol. The Kier molecular flexibility index (Phi) is 6.71. The van der Waals surface area contributed by atoms with Gasteiger partial charge in [0.1, 0.15) is 0 Å². The number of hydrogen-bond acceptors (Lipinski definition) is 4. The van der Waals surface area contributed by atoms with Gasteiger partial charge in [0, 0.05) is 13.0 Å². The number of carbonyl (C=O) groups is 3. The second-order valence-electron chi connectivity index (χ2n) is 3.84. The third kappa shape index (κ3) is 6.78. The number of halogens is 2. The van der Waals surface area contributed by atoms with Crippen molar-refractivity contribution in [3.8, 4) is 0 Å². The summed E-state index contributed by atoms with van der Waals surface area (Å²) in [6.07, 6.45) is 2.61. The maximum absolute atomic E-state index is 11.4. The highest BCUT2D eigenvalue weighted by molar-refractivity contribution is 6.42. The van der Waals surface area contributed by atoms with E-state index in [2.05, 4.69) is 15.6 Å². The highest BCUT2D eigenvalue weighted by Crippen LogP contribution is 2.23. The van der Waals surface area contributed by atoms with E-state index in [4.69, 9.17) is 23.2 Å². The first kappa shape index (κ1) is 17.0. The maximum Gasteiger partial charge on any atom is 0.331 e. The number of nitrogens with one attached hydrogen (secondary N) is 2. The molecule has 0 aliphatic rings. The molecule has 0 saturated heterocycles. The fourth-order valence-electron chi connectivity index (χ4n) is 1.16. The van der Waals surface area contributed by atoms with E-state index in [0.717, 1.165) is 6.08 Å². The SMILES string of the molecule is CC(=O)NNC(=O)COC(=O)/C=C/c1ccc(Cl)c(Cl)c1. The lowest BCUT2D eigenvalue weighted by atomic mass is 10.2. The van der Waals surface area contributed by atoms with Crippen LogP contribution in [-0.4, -0.2) is 24.4 Å². The van der Waals surface area contributed by atoms with E-state index < -0.39 is 24.4 Å². The van der Waals surface area contributed by atoms with E-state index in [1.165, 1.54) is 13.0 Å². The summed E-state index contributed by atoms with van der Waals surface area (Å²) in [6, 6.07) is 4.84. The van der Waals surface area contributed by atoms with Crippen LogP contribution < -0.4 is 10.9 Å². The molecule has 1 aromatic carbocycles. The van der Waals surface area contributed by atoms with E-state index in [1.807, 2.05) is 0 Å². The molecular formula is C13H12Cl2N2O4. The second-order valence-corrected chi connectivity index (χ2v) is 4.66. The van der Waals surface area contributed by atoms with Crippen molar-refractivity contribution < 1.29 is 19.1 Å². The summed E-state index contributed by atoms with van der Waals surface area (Å²) in [4.78, 5) is 33.1. The van der Waals surface area contributed by atoms with Crippen LogP contribution >= 0.6 is 23.2 Å². The van der Waals surface area contributed by atoms with Crippen molar-refractivity contribution in [1.29, 1.82) is 0 Å². The second kappa shape index (κ2) is 8.28. The first-order valence-electron chi connectivity index (χ1n) is 5.74. The van der Waals surface area contributed by atoms with Crippen molar-refractivity contribution in [2.45, 2.75) is 6.92 Å². The van der Waals surface area contributed by atoms with Crippen LogP contribution in [0.3, 0.4) is 0 Å². The minimum absolute atomic E-state index is 0.363. The minimum atomic E-state index is -0.709. The summed E-state index contributed by atoms with van der Waals surface area (Å²) in [7, 11) is 0. The molecule has 6 nitrogen and oxygen atoms in total. The summed E-state index contributed by atoms with van der Waals surface area (Å²) in [6.45, 7) is 0.719. The molecule has 2 N–H and O–H groups in total. The van der Waals surface area contributed by atoms with Crippen molar-refractivity contribution in [2.75, 3.05) is 6.61 Å². The van der Waals surface area contributed by atoms with Crippen molar-refractivity contribution in [3.63, 3.8) is 0 Å². The van der Waals surface area contributed by atoms with Gasteiger partial charge in [0.05, 0.1) is 10.0 Å². The molecule has 21 heavy (non-hydrogen) atoms. The van der Waals surface area contributed by atoms with Gasteiger partial charge in [-0.1, -0.05) is 29.3 Å². The van der Waals surface area contributed by atoms with Crippen LogP contribution in [0.5, 0.6) is 0 Å². The Bertz CT molecular complexity index is 588. The van der Waals surface area contributed by atoms with Crippen LogP contribution in [0.2, 0.25) is 10.0 Å². The maximum atomic E-state index is 11.4. The molecule has 0 atom stereocenters. The zero-order valence-corrected chi connectivity index (χ0v) is 12.5. The molecule has 0 heterocycles. The first-order valence-corrected chi connectivity index (χ1v) is 6.49. The fraction of sp³-hybridized carbons (Fsp3) is 0.154. The van der Waals surface area contributed by atoms with Crippen molar-refractivity contribution >= 4 is 47.1 Å². The largest absolute Gasteiger partial charge is 0.452 e. The summed E-state index contributed by atoms with van der Waals surface area (Å²) in [5.41, 5.74) is 4.77. The topological polar surface area (TPSA) is 84.5 Å². The summed E-state index contributed by atoms with van der Waals surface area (Å²) in [5, 5.41) is 0.771. The summed E-state index contributed by atoms with van der Waals surface area (Å²) < 4.78 is 4.66. The van der Waals surface area contributed by atoms with Gasteiger partial charge in [0.15, 0.2) is 6.61 Å². The lowest BCUT2D eigenvalue weighted by Crippen LogP contribution is -2.42. The fourth-order valence-corrected chi connectivity index (χ4v) is 1.47. The molecule has 0 bridgehead atoms. The Hall–Kier alpha value is -2.05. The molecule has 0 spiro atoms. The van der Waals surface area contributed by atoms with Gasteiger partial charge in [0.25, 0.3) is 5.91 Å². The molecular weight excluding hydrogens is 319 g/mol. The van der Waals surface area contributed by atoms with Crippen LogP contribution in [0, 0.1) is 0 Å². The molecule has 0 aliphatic heterocycles. The first-order chi connectivity index (χ1) is 9.88. The predicted octanol–water partition coefficient (Wildman–Crippen LogP) is 1.72. The minimum Gasteiger partial charge on any atom is -0.452 e. The number of esters is 1. The van der Waals surface area contributed by atoms with Crippen LogP contribution in [0.15, 0.2) is 24.3 Å². The van der Waals surface area contributed by atoms with E-state index in [1.54, 1.807) is 18.2 Å². The number of hydrogen-bond donors (Lipinski definition) is 2. The van der Waals surface area contributed by atoms with Gasteiger partial charge in [-0.3, -0.25) is 20.4 Å². The number of benzene rings is 1. The Morgan fingerprint density at radius 2 is 1.90 bits per heavy atom. The molecule has 1 rings (SSSR count). The molecule has 0 aliphatic carbocycles. The normalized spacial score (nSPS) is 10.2. The lowest BCUT2D eigenvalue weighted by Gasteiger charge is -2.04. The molecule has 0 unspecified atom stereocenters. The molecule has 112 valence electrons. The average Bonchev–Trinajstić information content (AvgIpc) is 2.44. The molecule has 8 heteroatoms. The van der Waals surface area contributed by atoms with Gasteiger partial charge in [-0.25, -0.2) is 4.79 Å². The number of ether oxygens (including phenoxy) is 1. The lowest BCUT2D eigenvalue weighted by molar-refractivity contribution is -0.144. The smallest absolute Gasteiger partial charge is 0.331 e. The molecule has 1 aromatic rings. The molecule has 0 fully saturated rings. The van der Waals surface area contributed by atoms with E-state index >= 15 is 0 Å². The number of hydrazine groups is 1. The molecule has 0 aromatic heterocycles. The zero-order chi connectivity index (χ0) is 15.8. The van der Waals surface area contributed by atoms with Crippen LogP contribution in [0.25, 0.3) is 6.08 Å². The quantitative estimate of drug-likeness (QED) is 0.500. The van der Waals surface area contributed by atoms with Crippen LogP contribution in [-0.2, 0) is 19.1 Å². The van der Waals surface area contributed by atoms with Gasteiger partial charge >= 0.3 is 5.97 Å². The third-order valence-electron chi connectivity index (χ3n) is 2.08. The van der Waals surface area contributed by atoms with Gasteiger partial charge in [-0.15, -0.1) is 0 Å². The van der Waals surface area contributed by atoms with E-state index in [-0.39, 0.29) is 0 Å².